The van der Waals surface area contributed by atoms with Crippen LogP contribution in [-0.4, -0.2) is 24.1 Å². The molecule has 3 heteroatoms. The molecule has 96 valence electrons. The number of benzene rings is 1. The summed E-state index contributed by atoms with van der Waals surface area (Å²) in [6.45, 7) is 3.48. The molecule has 1 heterocycles. The Bertz CT molecular complexity index is 458. The van der Waals surface area contributed by atoms with Crippen molar-refractivity contribution in [2.75, 3.05) is 13.2 Å². The lowest BCUT2D eigenvalue weighted by molar-refractivity contribution is 0.127. The molecule has 1 aromatic carbocycles. The Kier molecular flexibility index (Phi) is 2.98. The van der Waals surface area contributed by atoms with Crippen LogP contribution >= 0.6 is 0 Å². The van der Waals surface area contributed by atoms with Gasteiger partial charge in [0.15, 0.2) is 0 Å². The Balaban J connectivity index is 2.00. The molecule has 2 atom stereocenters. The molecule has 0 aromatic heterocycles. The lowest BCUT2D eigenvalue weighted by Gasteiger charge is -2.37. The Morgan fingerprint density at radius 3 is 2.94 bits per heavy atom. The van der Waals surface area contributed by atoms with Crippen LogP contribution in [0.5, 0.6) is 0 Å². The first-order valence-electron chi connectivity index (χ1n) is 6.82. The van der Waals surface area contributed by atoms with E-state index in [0.717, 1.165) is 19.4 Å². The summed E-state index contributed by atoms with van der Waals surface area (Å²) < 4.78 is 5.11. The quantitative estimate of drug-likeness (QED) is 0.801. The van der Waals surface area contributed by atoms with Crippen molar-refractivity contribution in [3.8, 4) is 0 Å². The summed E-state index contributed by atoms with van der Waals surface area (Å²) in [6, 6.07) is 8.74. The Morgan fingerprint density at radius 2 is 2.22 bits per heavy atom. The van der Waals surface area contributed by atoms with Crippen LogP contribution in [0.25, 0.3) is 0 Å². The molecule has 1 fully saturated rings. The minimum atomic E-state index is -0.143. The van der Waals surface area contributed by atoms with Crippen LogP contribution < -0.4 is 0 Å². The SMILES string of the molecule is CC[C@@H]1CCc2ccccc2[C@H]1N1CCOC1=O. The van der Waals surface area contributed by atoms with Gasteiger partial charge in [-0.3, -0.25) is 4.90 Å². The fraction of sp³-hybridized carbons (Fsp3) is 0.533. The molecule has 1 aromatic rings. The van der Waals surface area contributed by atoms with E-state index in [1.807, 2.05) is 4.90 Å². The van der Waals surface area contributed by atoms with Crippen LogP contribution in [0.2, 0.25) is 0 Å². The normalized spacial score (nSPS) is 26.9. The van der Waals surface area contributed by atoms with Crippen molar-refractivity contribution in [1.29, 1.82) is 0 Å². The predicted octanol–water partition coefficient (Wildman–Crippen LogP) is 3.15. The number of hydrogen-bond donors (Lipinski definition) is 0. The average Bonchev–Trinajstić information content (AvgIpc) is 2.83. The third-order valence-corrected chi connectivity index (χ3v) is 4.26. The van der Waals surface area contributed by atoms with Crippen LogP contribution in [0.3, 0.4) is 0 Å². The first-order valence-corrected chi connectivity index (χ1v) is 6.82. The van der Waals surface area contributed by atoms with Gasteiger partial charge in [-0.1, -0.05) is 37.6 Å². The number of fused-ring (bicyclic) bond motifs is 1. The number of carbonyl (C=O) groups excluding carboxylic acids is 1. The predicted molar refractivity (Wildman–Crippen MR) is 69.3 cm³/mol. The number of ether oxygens (including phenoxy) is 1. The van der Waals surface area contributed by atoms with Gasteiger partial charge in [-0.25, -0.2) is 4.79 Å². The number of hydrogen-bond acceptors (Lipinski definition) is 2. The largest absolute Gasteiger partial charge is 0.448 e. The monoisotopic (exact) mass is 245 g/mol. The maximum Gasteiger partial charge on any atom is 0.410 e. The first kappa shape index (κ1) is 11.6. The first-order chi connectivity index (χ1) is 8.81. The number of amides is 1. The van der Waals surface area contributed by atoms with Gasteiger partial charge in [-0.05, 0) is 29.9 Å². The van der Waals surface area contributed by atoms with Gasteiger partial charge in [0, 0.05) is 0 Å². The molecule has 3 nitrogen and oxygen atoms in total. The van der Waals surface area contributed by atoms with E-state index in [1.165, 1.54) is 17.5 Å². The summed E-state index contributed by atoms with van der Waals surface area (Å²) in [6.07, 6.45) is 3.27. The Hall–Kier alpha value is -1.51. The second-order valence-corrected chi connectivity index (χ2v) is 5.16. The van der Waals surface area contributed by atoms with Crippen molar-refractivity contribution in [1.82, 2.24) is 4.90 Å². The molecule has 1 amide bonds. The van der Waals surface area contributed by atoms with E-state index in [2.05, 4.69) is 31.2 Å². The van der Waals surface area contributed by atoms with Gasteiger partial charge in [-0.15, -0.1) is 0 Å². The van der Waals surface area contributed by atoms with Crippen molar-refractivity contribution in [2.45, 2.75) is 32.2 Å². The number of cyclic esters (lactones) is 1. The lowest BCUT2D eigenvalue weighted by atomic mass is 9.78. The van der Waals surface area contributed by atoms with Crippen molar-refractivity contribution in [3.05, 3.63) is 35.4 Å². The fourth-order valence-electron chi connectivity index (χ4n) is 3.31. The maximum absolute atomic E-state index is 11.8. The topological polar surface area (TPSA) is 29.5 Å². The molecule has 0 radical (unpaired) electrons. The van der Waals surface area contributed by atoms with Gasteiger partial charge in [0.2, 0.25) is 0 Å². The molecule has 1 aliphatic carbocycles. The van der Waals surface area contributed by atoms with E-state index in [1.54, 1.807) is 0 Å². The third kappa shape index (κ3) is 1.78. The highest BCUT2D eigenvalue weighted by Crippen LogP contribution is 2.41. The smallest absolute Gasteiger partial charge is 0.410 e. The highest BCUT2D eigenvalue weighted by Gasteiger charge is 2.38. The van der Waals surface area contributed by atoms with E-state index in [4.69, 9.17) is 4.74 Å². The van der Waals surface area contributed by atoms with Crippen molar-refractivity contribution >= 4 is 6.09 Å². The molecule has 1 aliphatic heterocycles. The number of aryl methyl sites for hydroxylation is 1. The van der Waals surface area contributed by atoms with Gasteiger partial charge in [0.25, 0.3) is 0 Å². The van der Waals surface area contributed by atoms with Crippen LogP contribution in [0, 0.1) is 5.92 Å². The minimum absolute atomic E-state index is 0.143. The summed E-state index contributed by atoms with van der Waals surface area (Å²) in [5, 5.41) is 0. The zero-order valence-electron chi connectivity index (χ0n) is 10.8. The third-order valence-electron chi connectivity index (χ3n) is 4.26. The minimum Gasteiger partial charge on any atom is -0.448 e. The summed E-state index contributed by atoms with van der Waals surface area (Å²) >= 11 is 0. The molecule has 18 heavy (non-hydrogen) atoms. The van der Waals surface area contributed by atoms with Gasteiger partial charge >= 0.3 is 6.09 Å². The molecule has 3 rings (SSSR count). The van der Waals surface area contributed by atoms with E-state index >= 15 is 0 Å². The zero-order chi connectivity index (χ0) is 12.5. The number of rotatable bonds is 2. The van der Waals surface area contributed by atoms with E-state index in [9.17, 15) is 4.79 Å². The van der Waals surface area contributed by atoms with Crippen LogP contribution in [0.4, 0.5) is 4.79 Å². The van der Waals surface area contributed by atoms with Crippen LogP contribution in [0.1, 0.15) is 36.9 Å². The van der Waals surface area contributed by atoms with Crippen molar-refractivity contribution < 1.29 is 9.53 Å². The maximum atomic E-state index is 11.8. The van der Waals surface area contributed by atoms with Gasteiger partial charge < -0.3 is 4.74 Å². The highest BCUT2D eigenvalue weighted by molar-refractivity contribution is 5.70. The number of carbonyl (C=O) groups is 1. The second-order valence-electron chi connectivity index (χ2n) is 5.16. The van der Waals surface area contributed by atoms with E-state index in [0.29, 0.717) is 12.5 Å². The Labute approximate surface area is 108 Å². The summed E-state index contributed by atoms with van der Waals surface area (Å²) in [5.74, 6) is 0.561. The van der Waals surface area contributed by atoms with Crippen molar-refractivity contribution in [2.24, 2.45) is 5.92 Å². The highest BCUT2D eigenvalue weighted by atomic mass is 16.6. The molecular weight excluding hydrogens is 226 g/mol. The standard InChI is InChI=1S/C15H19NO2/c1-2-11-7-8-12-5-3-4-6-13(12)14(11)16-9-10-18-15(16)17/h3-6,11,14H,2,7-10H2,1H3/t11-,14+/m1/s1. The lowest BCUT2D eigenvalue weighted by Crippen LogP contribution is -2.37. The van der Waals surface area contributed by atoms with Crippen LogP contribution in [0.15, 0.2) is 24.3 Å². The second kappa shape index (κ2) is 4.63. The molecule has 1 saturated heterocycles. The Morgan fingerprint density at radius 1 is 1.39 bits per heavy atom. The van der Waals surface area contributed by atoms with Gasteiger partial charge in [0.05, 0.1) is 12.6 Å². The zero-order valence-corrected chi connectivity index (χ0v) is 10.8. The van der Waals surface area contributed by atoms with Crippen molar-refractivity contribution in [3.63, 3.8) is 0 Å². The molecule has 2 aliphatic rings. The molecule has 0 unspecified atom stereocenters. The molecule has 0 saturated carbocycles. The van der Waals surface area contributed by atoms with E-state index in [-0.39, 0.29) is 12.1 Å². The molecule has 0 bridgehead atoms. The summed E-state index contributed by atoms with van der Waals surface area (Å²) in [7, 11) is 0. The van der Waals surface area contributed by atoms with Gasteiger partial charge in [0.1, 0.15) is 6.61 Å². The summed E-state index contributed by atoms with van der Waals surface area (Å²) in [5.41, 5.74) is 2.72. The summed E-state index contributed by atoms with van der Waals surface area (Å²) in [4.78, 5) is 13.8. The van der Waals surface area contributed by atoms with Gasteiger partial charge in [-0.2, -0.15) is 0 Å². The van der Waals surface area contributed by atoms with E-state index < -0.39 is 0 Å². The number of nitrogens with zero attached hydrogens (tertiary/aromatic N) is 1. The molecule has 0 N–H and O–H groups in total. The fourth-order valence-corrected chi connectivity index (χ4v) is 3.31. The molecule has 0 spiro atoms. The van der Waals surface area contributed by atoms with Crippen LogP contribution in [-0.2, 0) is 11.2 Å². The average molecular weight is 245 g/mol. The molecular formula is C15H19NO2.